The molecule has 13 heavy (non-hydrogen) atoms. The second kappa shape index (κ2) is 5.72. The van der Waals surface area contributed by atoms with Gasteiger partial charge >= 0.3 is 0 Å². The van der Waals surface area contributed by atoms with E-state index in [-0.39, 0.29) is 6.61 Å². The van der Waals surface area contributed by atoms with Crippen LogP contribution in [0.2, 0.25) is 0 Å². The van der Waals surface area contributed by atoms with E-state index in [1.165, 1.54) is 0 Å². The van der Waals surface area contributed by atoms with Crippen molar-refractivity contribution in [1.29, 1.82) is 0 Å². The van der Waals surface area contributed by atoms with E-state index in [0.29, 0.717) is 6.54 Å². The fourth-order valence-corrected chi connectivity index (χ4v) is 1.05. The third-order valence-electron chi connectivity index (χ3n) is 1.40. The van der Waals surface area contributed by atoms with Crippen LogP contribution >= 0.6 is 15.9 Å². The smallest absolute Gasteiger partial charge is 0.0620 e. The molecule has 1 aromatic rings. The Morgan fingerprint density at radius 2 is 2.08 bits per heavy atom. The van der Waals surface area contributed by atoms with Gasteiger partial charge in [0, 0.05) is 4.47 Å². The van der Waals surface area contributed by atoms with Gasteiger partial charge in [-0.1, -0.05) is 28.1 Å². The number of benzene rings is 1. The van der Waals surface area contributed by atoms with Crippen molar-refractivity contribution in [3.63, 3.8) is 0 Å². The second-order valence-corrected chi connectivity index (χ2v) is 3.36. The van der Waals surface area contributed by atoms with Gasteiger partial charge in [0.15, 0.2) is 0 Å². The third-order valence-corrected chi connectivity index (χ3v) is 1.93. The monoisotopic (exact) mass is 242 g/mol. The molecule has 0 fully saturated rings. The Morgan fingerprint density at radius 3 is 2.69 bits per heavy atom. The van der Waals surface area contributed by atoms with Crippen LogP contribution in [-0.4, -0.2) is 24.5 Å². The lowest BCUT2D eigenvalue weighted by molar-refractivity contribution is 0.294. The average molecular weight is 243 g/mol. The maximum absolute atomic E-state index is 8.46. The van der Waals surface area contributed by atoms with Gasteiger partial charge in [-0.15, -0.1) is 0 Å². The Kier molecular flexibility index (Phi) is 4.49. The van der Waals surface area contributed by atoms with Crippen molar-refractivity contribution in [3.8, 4) is 0 Å². The number of nitrogens with zero attached hydrogens (tertiary/aromatic N) is 1. The Hall–Kier alpha value is -0.870. The molecule has 0 unspecified atom stereocenters. The SMILES string of the molecule is OCCNN=Cc1ccc(Br)cc1. The second-order valence-electron chi connectivity index (χ2n) is 2.44. The number of halogens is 1. The topological polar surface area (TPSA) is 44.6 Å². The molecule has 0 heterocycles. The quantitative estimate of drug-likeness (QED) is 0.476. The van der Waals surface area contributed by atoms with Crippen LogP contribution in [0.4, 0.5) is 0 Å². The summed E-state index contributed by atoms with van der Waals surface area (Å²) in [5.74, 6) is 0. The van der Waals surface area contributed by atoms with Crippen LogP contribution < -0.4 is 5.43 Å². The zero-order valence-electron chi connectivity index (χ0n) is 7.07. The molecule has 2 N–H and O–H groups in total. The van der Waals surface area contributed by atoms with Crippen molar-refractivity contribution >= 4 is 22.1 Å². The third kappa shape index (κ3) is 4.05. The van der Waals surface area contributed by atoms with E-state index in [9.17, 15) is 0 Å². The molecular formula is C9H11BrN2O. The summed E-state index contributed by atoms with van der Waals surface area (Å²) in [6.45, 7) is 0.574. The van der Waals surface area contributed by atoms with Gasteiger partial charge in [-0.3, -0.25) is 0 Å². The number of hydrogen-bond acceptors (Lipinski definition) is 3. The summed E-state index contributed by atoms with van der Waals surface area (Å²) in [7, 11) is 0. The highest BCUT2D eigenvalue weighted by atomic mass is 79.9. The van der Waals surface area contributed by atoms with Crippen LogP contribution in [0.3, 0.4) is 0 Å². The summed E-state index contributed by atoms with van der Waals surface area (Å²) >= 11 is 3.35. The van der Waals surface area contributed by atoms with Gasteiger partial charge in [-0.2, -0.15) is 5.10 Å². The first-order chi connectivity index (χ1) is 6.33. The molecule has 4 heteroatoms. The molecule has 0 aliphatic heterocycles. The van der Waals surface area contributed by atoms with Gasteiger partial charge in [0.2, 0.25) is 0 Å². The highest BCUT2D eigenvalue weighted by molar-refractivity contribution is 9.10. The summed E-state index contributed by atoms with van der Waals surface area (Å²) in [5, 5.41) is 12.4. The number of hydrogen-bond donors (Lipinski definition) is 2. The van der Waals surface area contributed by atoms with Crippen molar-refractivity contribution in [1.82, 2.24) is 5.43 Å². The molecule has 0 saturated heterocycles. The van der Waals surface area contributed by atoms with Gasteiger partial charge in [0.05, 0.1) is 19.4 Å². The molecule has 0 aliphatic carbocycles. The Labute approximate surface area is 85.6 Å². The molecule has 0 bridgehead atoms. The lowest BCUT2D eigenvalue weighted by atomic mass is 10.2. The minimum absolute atomic E-state index is 0.0949. The fraction of sp³-hybridized carbons (Fsp3) is 0.222. The predicted molar refractivity (Wildman–Crippen MR) is 56.8 cm³/mol. The van der Waals surface area contributed by atoms with Gasteiger partial charge < -0.3 is 10.5 Å². The first-order valence-electron chi connectivity index (χ1n) is 3.95. The molecule has 0 amide bonds. The summed E-state index contributed by atoms with van der Waals surface area (Å²) in [6, 6.07) is 7.81. The normalized spacial score (nSPS) is 10.6. The maximum Gasteiger partial charge on any atom is 0.0620 e. The molecule has 0 spiro atoms. The van der Waals surface area contributed by atoms with E-state index in [1.54, 1.807) is 6.21 Å². The maximum atomic E-state index is 8.46. The molecule has 0 atom stereocenters. The number of rotatable bonds is 4. The van der Waals surface area contributed by atoms with Crippen molar-refractivity contribution in [2.45, 2.75) is 0 Å². The Balaban J connectivity index is 2.44. The number of nitrogens with one attached hydrogen (secondary N) is 1. The van der Waals surface area contributed by atoms with Crippen LogP contribution in [-0.2, 0) is 0 Å². The van der Waals surface area contributed by atoms with Crippen LogP contribution in [0.15, 0.2) is 33.8 Å². The average Bonchev–Trinajstić information content (AvgIpc) is 2.15. The van der Waals surface area contributed by atoms with Crippen molar-refractivity contribution in [2.75, 3.05) is 13.2 Å². The summed E-state index contributed by atoms with van der Waals surface area (Å²) in [4.78, 5) is 0. The minimum atomic E-state index is 0.0949. The van der Waals surface area contributed by atoms with Crippen molar-refractivity contribution < 1.29 is 5.11 Å². The Bertz CT molecular complexity index is 271. The molecule has 0 saturated carbocycles. The molecule has 70 valence electrons. The zero-order chi connectivity index (χ0) is 9.52. The standard InChI is InChI=1S/C9H11BrN2O/c10-9-3-1-8(2-4-9)7-12-11-5-6-13/h1-4,7,11,13H,5-6H2. The van der Waals surface area contributed by atoms with E-state index < -0.39 is 0 Å². The first kappa shape index (κ1) is 10.2. The molecule has 0 aliphatic rings. The van der Waals surface area contributed by atoms with Crippen molar-refractivity contribution in [2.24, 2.45) is 5.10 Å². The number of aliphatic hydroxyl groups is 1. The summed E-state index contributed by atoms with van der Waals surface area (Å²) in [5.41, 5.74) is 3.73. The van der Waals surface area contributed by atoms with Gasteiger partial charge in [-0.25, -0.2) is 0 Å². The Morgan fingerprint density at radius 1 is 1.38 bits per heavy atom. The fourth-order valence-electron chi connectivity index (χ4n) is 0.784. The minimum Gasteiger partial charge on any atom is -0.394 e. The van der Waals surface area contributed by atoms with Gasteiger partial charge in [-0.05, 0) is 17.7 Å². The lowest BCUT2D eigenvalue weighted by Crippen LogP contribution is -2.11. The van der Waals surface area contributed by atoms with E-state index in [1.807, 2.05) is 24.3 Å². The van der Waals surface area contributed by atoms with E-state index in [4.69, 9.17) is 5.11 Å². The van der Waals surface area contributed by atoms with Gasteiger partial charge in [0.1, 0.15) is 0 Å². The predicted octanol–water partition coefficient (Wildman–Crippen LogP) is 1.36. The van der Waals surface area contributed by atoms with Crippen LogP contribution in [0, 0.1) is 0 Å². The number of hydrazone groups is 1. The van der Waals surface area contributed by atoms with Crippen molar-refractivity contribution in [3.05, 3.63) is 34.3 Å². The summed E-state index contributed by atoms with van der Waals surface area (Å²) < 4.78 is 1.05. The number of aliphatic hydroxyl groups excluding tert-OH is 1. The molecule has 3 nitrogen and oxygen atoms in total. The van der Waals surface area contributed by atoms with Crippen LogP contribution in [0.1, 0.15) is 5.56 Å². The molecular weight excluding hydrogens is 232 g/mol. The van der Waals surface area contributed by atoms with E-state index in [0.717, 1.165) is 10.0 Å². The molecule has 1 aromatic carbocycles. The largest absolute Gasteiger partial charge is 0.394 e. The molecule has 1 rings (SSSR count). The zero-order valence-corrected chi connectivity index (χ0v) is 8.66. The van der Waals surface area contributed by atoms with E-state index >= 15 is 0 Å². The summed E-state index contributed by atoms with van der Waals surface area (Å²) in [6.07, 6.45) is 1.71. The van der Waals surface area contributed by atoms with Gasteiger partial charge in [0.25, 0.3) is 0 Å². The first-order valence-corrected chi connectivity index (χ1v) is 4.74. The van der Waals surface area contributed by atoms with Crippen LogP contribution in [0.5, 0.6) is 0 Å². The lowest BCUT2D eigenvalue weighted by Gasteiger charge is -1.95. The highest BCUT2D eigenvalue weighted by Gasteiger charge is 1.87. The van der Waals surface area contributed by atoms with E-state index in [2.05, 4.69) is 26.5 Å². The highest BCUT2D eigenvalue weighted by Crippen LogP contribution is 2.08. The van der Waals surface area contributed by atoms with Crippen LogP contribution in [0.25, 0.3) is 0 Å². The molecule has 0 aromatic heterocycles. The molecule has 0 radical (unpaired) electrons.